The molecule has 0 aromatic heterocycles. The molecule has 1 aromatic carbocycles. The van der Waals surface area contributed by atoms with Crippen LogP contribution >= 0.6 is 0 Å². The van der Waals surface area contributed by atoms with Gasteiger partial charge in [-0.15, -0.1) is 0 Å². The normalized spacial score (nSPS) is 24.8. The highest BCUT2D eigenvalue weighted by Gasteiger charge is 2.39. The number of rotatable bonds is 2. The number of benzene rings is 1. The molecular weight excluding hydrogens is 262 g/mol. The van der Waals surface area contributed by atoms with Crippen LogP contribution in [0.25, 0.3) is 0 Å². The van der Waals surface area contributed by atoms with Crippen LogP contribution in [0, 0.1) is 0 Å². The molecule has 6 nitrogen and oxygen atoms in total. The van der Waals surface area contributed by atoms with Crippen LogP contribution in [0.3, 0.4) is 0 Å². The standard InChI is InChI=1S/C14H15NO5/c16-11-4-12(14(18)19)15(5-11)13(17)8-1-2-9-6-20-7-10(9)3-8/h1-3,11-12,16H,4-7H2,(H,18,19)/t11-,12-/m0/s1. The maximum absolute atomic E-state index is 12.4. The summed E-state index contributed by atoms with van der Waals surface area (Å²) in [6, 6.07) is 4.30. The topological polar surface area (TPSA) is 87.1 Å². The van der Waals surface area contributed by atoms with Crippen molar-refractivity contribution in [1.29, 1.82) is 0 Å². The number of hydrogen-bond donors (Lipinski definition) is 2. The number of β-amino-alcohol motifs (C(OH)–C–C–N with tert-alkyl or cyclic N) is 1. The zero-order valence-corrected chi connectivity index (χ0v) is 10.8. The van der Waals surface area contributed by atoms with E-state index in [0.29, 0.717) is 18.8 Å². The third-order valence-electron chi connectivity index (χ3n) is 3.79. The van der Waals surface area contributed by atoms with Crippen molar-refractivity contribution in [2.24, 2.45) is 0 Å². The van der Waals surface area contributed by atoms with Crippen LogP contribution in [0.1, 0.15) is 27.9 Å². The third-order valence-corrected chi connectivity index (χ3v) is 3.79. The lowest BCUT2D eigenvalue weighted by molar-refractivity contribution is -0.141. The number of aliphatic carboxylic acids is 1. The van der Waals surface area contributed by atoms with Crippen LogP contribution in [-0.2, 0) is 22.7 Å². The van der Waals surface area contributed by atoms with Gasteiger partial charge >= 0.3 is 5.97 Å². The predicted octanol–water partition coefficient (Wildman–Crippen LogP) is 0.377. The van der Waals surface area contributed by atoms with Crippen LogP contribution in [0.5, 0.6) is 0 Å². The van der Waals surface area contributed by atoms with Crippen LogP contribution in [0.2, 0.25) is 0 Å². The van der Waals surface area contributed by atoms with E-state index in [1.165, 1.54) is 4.90 Å². The van der Waals surface area contributed by atoms with Crippen molar-refractivity contribution in [3.63, 3.8) is 0 Å². The van der Waals surface area contributed by atoms with Crippen LogP contribution in [0.15, 0.2) is 18.2 Å². The van der Waals surface area contributed by atoms with E-state index in [9.17, 15) is 14.7 Å². The lowest BCUT2D eigenvalue weighted by Crippen LogP contribution is -2.40. The average molecular weight is 277 g/mol. The Kier molecular flexibility index (Phi) is 3.19. The minimum Gasteiger partial charge on any atom is -0.480 e. The number of ether oxygens (including phenoxy) is 1. The number of likely N-dealkylation sites (tertiary alicyclic amines) is 1. The van der Waals surface area contributed by atoms with Crippen LogP contribution in [0.4, 0.5) is 0 Å². The van der Waals surface area contributed by atoms with Crippen molar-refractivity contribution in [3.8, 4) is 0 Å². The highest BCUT2D eigenvalue weighted by Crippen LogP contribution is 2.24. The van der Waals surface area contributed by atoms with Gasteiger partial charge in [-0.2, -0.15) is 0 Å². The Hall–Kier alpha value is -1.92. The van der Waals surface area contributed by atoms with Gasteiger partial charge in [0, 0.05) is 18.5 Å². The molecule has 1 aromatic rings. The van der Waals surface area contributed by atoms with Gasteiger partial charge in [-0.1, -0.05) is 6.07 Å². The molecule has 1 fully saturated rings. The summed E-state index contributed by atoms with van der Waals surface area (Å²) in [6.07, 6.45) is -0.701. The Morgan fingerprint density at radius 1 is 1.25 bits per heavy atom. The molecule has 1 amide bonds. The predicted molar refractivity (Wildman–Crippen MR) is 68.0 cm³/mol. The summed E-state index contributed by atoms with van der Waals surface area (Å²) < 4.78 is 5.29. The zero-order valence-electron chi connectivity index (χ0n) is 10.8. The summed E-state index contributed by atoms with van der Waals surface area (Å²) in [4.78, 5) is 24.8. The number of carbonyl (C=O) groups is 2. The Balaban J connectivity index is 1.86. The maximum Gasteiger partial charge on any atom is 0.326 e. The monoisotopic (exact) mass is 277 g/mol. The Morgan fingerprint density at radius 3 is 2.75 bits per heavy atom. The van der Waals surface area contributed by atoms with E-state index >= 15 is 0 Å². The first-order chi connectivity index (χ1) is 9.56. The fraction of sp³-hybridized carbons (Fsp3) is 0.429. The quantitative estimate of drug-likeness (QED) is 0.816. The second-order valence-corrected chi connectivity index (χ2v) is 5.18. The Morgan fingerprint density at radius 2 is 2.00 bits per heavy atom. The van der Waals surface area contributed by atoms with Crippen molar-refractivity contribution < 1.29 is 24.5 Å². The SMILES string of the molecule is O=C(O)[C@@H]1C[C@H](O)CN1C(=O)c1ccc2c(c1)COC2. The van der Waals surface area contributed by atoms with E-state index in [4.69, 9.17) is 9.84 Å². The summed E-state index contributed by atoms with van der Waals surface area (Å²) in [5.74, 6) is -1.44. The van der Waals surface area contributed by atoms with Crippen molar-refractivity contribution in [1.82, 2.24) is 4.90 Å². The van der Waals surface area contributed by atoms with Crippen LogP contribution in [-0.4, -0.2) is 45.7 Å². The molecule has 20 heavy (non-hydrogen) atoms. The number of hydrogen-bond acceptors (Lipinski definition) is 4. The first-order valence-electron chi connectivity index (χ1n) is 6.47. The van der Waals surface area contributed by atoms with Gasteiger partial charge in [-0.25, -0.2) is 4.79 Å². The van der Waals surface area contributed by atoms with Crippen molar-refractivity contribution >= 4 is 11.9 Å². The van der Waals surface area contributed by atoms with Gasteiger partial charge in [-0.05, 0) is 23.3 Å². The Bertz CT molecular complexity index is 571. The molecule has 0 radical (unpaired) electrons. The average Bonchev–Trinajstić information content (AvgIpc) is 3.02. The second-order valence-electron chi connectivity index (χ2n) is 5.18. The van der Waals surface area contributed by atoms with Gasteiger partial charge in [0.15, 0.2) is 0 Å². The molecule has 1 saturated heterocycles. The highest BCUT2D eigenvalue weighted by molar-refractivity contribution is 5.97. The number of carboxylic acids is 1. The van der Waals surface area contributed by atoms with Crippen LogP contribution < -0.4 is 0 Å². The number of fused-ring (bicyclic) bond motifs is 1. The van der Waals surface area contributed by atoms with Gasteiger partial charge in [-0.3, -0.25) is 4.79 Å². The largest absolute Gasteiger partial charge is 0.480 e. The number of aliphatic hydroxyl groups excluding tert-OH is 1. The fourth-order valence-corrected chi connectivity index (χ4v) is 2.74. The number of carboxylic acid groups (broad SMARTS) is 1. The van der Waals surface area contributed by atoms with E-state index < -0.39 is 18.1 Å². The minimum absolute atomic E-state index is 0.0589. The van der Waals surface area contributed by atoms with Gasteiger partial charge in [0.1, 0.15) is 6.04 Å². The minimum atomic E-state index is -1.08. The molecular formula is C14H15NO5. The van der Waals surface area contributed by atoms with Crippen molar-refractivity contribution in [3.05, 3.63) is 34.9 Å². The molecule has 2 N–H and O–H groups in total. The molecule has 2 aliphatic heterocycles. The van der Waals surface area contributed by atoms with E-state index in [1.54, 1.807) is 12.1 Å². The van der Waals surface area contributed by atoms with E-state index in [-0.39, 0.29) is 18.9 Å². The molecule has 0 saturated carbocycles. The molecule has 0 unspecified atom stereocenters. The molecule has 0 spiro atoms. The molecule has 0 aliphatic carbocycles. The number of carbonyl (C=O) groups excluding carboxylic acids is 1. The molecule has 0 bridgehead atoms. The van der Waals surface area contributed by atoms with Crippen molar-refractivity contribution in [2.45, 2.75) is 31.8 Å². The summed E-state index contributed by atoms with van der Waals surface area (Å²) in [5.41, 5.74) is 2.45. The molecule has 2 heterocycles. The Labute approximate surface area is 115 Å². The second kappa shape index (κ2) is 4.88. The first kappa shape index (κ1) is 13.1. The van der Waals surface area contributed by atoms with Gasteiger partial charge in [0.2, 0.25) is 0 Å². The molecule has 6 heteroatoms. The fourth-order valence-electron chi connectivity index (χ4n) is 2.74. The summed E-state index contributed by atoms with van der Waals surface area (Å²) in [5, 5.41) is 18.7. The highest BCUT2D eigenvalue weighted by atomic mass is 16.5. The molecule has 2 aliphatic rings. The number of nitrogens with zero attached hydrogens (tertiary/aromatic N) is 1. The zero-order chi connectivity index (χ0) is 14.3. The molecule has 2 atom stereocenters. The summed E-state index contributed by atoms with van der Waals surface area (Å²) in [6.45, 7) is 1.08. The van der Waals surface area contributed by atoms with Crippen molar-refractivity contribution in [2.75, 3.05) is 6.54 Å². The third kappa shape index (κ3) is 2.17. The van der Waals surface area contributed by atoms with Gasteiger partial charge in [0.25, 0.3) is 5.91 Å². The van der Waals surface area contributed by atoms with Gasteiger partial charge in [0.05, 0.1) is 19.3 Å². The van der Waals surface area contributed by atoms with E-state index in [1.807, 2.05) is 6.07 Å². The molecule has 106 valence electrons. The lowest BCUT2D eigenvalue weighted by Gasteiger charge is -2.21. The van der Waals surface area contributed by atoms with E-state index in [2.05, 4.69) is 0 Å². The summed E-state index contributed by atoms with van der Waals surface area (Å²) in [7, 11) is 0. The first-order valence-corrected chi connectivity index (χ1v) is 6.47. The number of amides is 1. The summed E-state index contributed by atoms with van der Waals surface area (Å²) >= 11 is 0. The molecule has 3 rings (SSSR count). The maximum atomic E-state index is 12.4. The smallest absolute Gasteiger partial charge is 0.326 e. The van der Waals surface area contributed by atoms with Gasteiger partial charge < -0.3 is 19.8 Å². The van der Waals surface area contributed by atoms with E-state index in [0.717, 1.165) is 11.1 Å². The lowest BCUT2D eigenvalue weighted by atomic mass is 10.1. The number of aliphatic hydroxyl groups is 1.